The fourth-order valence-corrected chi connectivity index (χ4v) is 2.96. The van der Waals surface area contributed by atoms with Gasteiger partial charge in [0.05, 0.1) is 0 Å². The van der Waals surface area contributed by atoms with E-state index < -0.39 is 0 Å². The first-order valence-corrected chi connectivity index (χ1v) is 7.99. The predicted octanol–water partition coefficient (Wildman–Crippen LogP) is 5.58. The summed E-state index contributed by atoms with van der Waals surface area (Å²) in [5.41, 5.74) is 1.22. The van der Waals surface area contributed by atoms with E-state index in [9.17, 15) is 0 Å². The van der Waals surface area contributed by atoms with E-state index in [1.807, 2.05) is 12.1 Å². The second kappa shape index (κ2) is 8.19. The zero-order valence-electron chi connectivity index (χ0n) is 11.5. The van der Waals surface area contributed by atoms with Crippen LogP contribution >= 0.6 is 27.5 Å². The van der Waals surface area contributed by atoms with Gasteiger partial charge in [0.15, 0.2) is 0 Å². The maximum Gasteiger partial charge on any atom is 0.0454 e. The van der Waals surface area contributed by atoms with Gasteiger partial charge in [-0.1, -0.05) is 61.1 Å². The maximum atomic E-state index is 6.37. The number of nitrogens with one attached hydrogen (secondary N) is 1. The van der Waals surface area contributed by atoms with Crippen molar-refractivity contribution >= 4 is 27.5 Å². The number of hydrogen-bond acceptors (Lipinski definition) is 1. The molecule has 0 aliphatic carbocycles. The van der Waals surface area contributed by atoms with Gasteiger partial charge in [-0.2, -0.15) is 0 Å². The molecule has 18 heavy (non-hydrogen) atoms. The zero-order chi connectivity index (χ0) is 13.5. The van der Waals surface area contributed by atoms with Crippen LogP contribution in [0.5, 0.6) is 0 Å². The van der Waals surface area contributed by atoms with E-state index in [1.54, 1.807) is 0 Å². The molecule has 1 N–H and O–H groups in total. The third-order valence-electron chi connectivity index (χ3n) is 3.43. The van der Waals surface area contributed by atoms with Crippen molar-refractivity contribution in [2.75, 3.05) is 6.54 Å². The minimum atomic E-state index is 0.352. The number of halogens is 2. The highest BCUT2D eigenvalue weighted by molar-refractivity contribution is 9.10. The Morgan fingerprint density at radius 2 is 1.89 bits per heavy atom. The normalized spacial score (nSPS) is 13.0. The molecule has 0 saturated heterocycles. The van der Waals surface area contributed by atoms with Crippen molar-refractivity contribution < 1.29 is 0 Å². The van der Waals surface area contributed by atoms with Crippen LogP contribution in [0.1, 0.15) is 51.6 Å². The Labute approximate surface area is 124 Å². The molecule has 1 unspecified atom stereocenters. The first-order valence-electron chi connectivity index (χ1n) is 6.82. The molecule has 1 aromatic rings. The highest BCUT2D eigenvalue weighted by Crippen LogP contribution is 2.33. The molecule has 0 saturated carbocycles. The van der Waals surface area contributed by atoms with Crippen LogP contribution < -0.4 is 5.32 Å². The fraction of sp³-hybridized carbons (Fsp3) is 0.600. The summed E-state index contributed by atoms with van der Waals surface area (Å²) in [5, 5.41) is 4.51. The molecule has 0 spiro atoms. The van der Waals surface area contributed by atoms with E-state index in [-0.39, 0.29) is 0 Å². The van der Waals surface area contributed by atoms with E-state index in [0.717, 1.165) is 22.5 Å². The average molecular weight is 333 g/mol. The van der Waals surface area contributed by atoms with Crippen LogP contribution in [0.4, 0.5) is 0 Å². The van der Waals surface area contributed by atoms with Crippen LogP contribution in [0.3, 0.4) is 0 Å². The third-order valence-corrected chi connectivity index (χ3v) is 4.26. The molecule has 1 rings (SSSR count). The molecule has 0 aromatic heterocycles. The second-order valence-electron chi connectivity index (χ2n) is 4.67. The molecule has 0 bridgehead atoms. The van der Waals surface area contributed by atoms with Gasteiger partial charge in [0.1, 0.15) is 0 Å². The smallest absolute Gasteiger partial charge is 0.0454 e. The van der Waals surface area contributed by atoms with Gasteiger partial charge in [-0.25, -0.2) is 0 Å². The SMILES string of the molecule is CCCNC(c1cc(Br)ccc1Cl)C(CC)CC. The Kier molecular flexibility index (Phi) is 7.28. The minimum absolute atomic E-state index is 0.352. The molecule has 3 heteroatoms. The number of hydrogen-bond donors (Lipinski definition) is 1. The number of rotatable bonds is 7. The lowest BCUT2D eigenvalue weighted by Gasteiger charge is -2.28. The summed E-state index contributed by atoms with van der Waals surface area (Å²) in [6.07, 6.45) is 3.48. The van der Waals surface area contributed by atoms with Crippen LogP contribution in [-0.4, -0.2) is 6.54 Å². The second-order valence-corrected chi connectivity index (χ2v) is 6.00. The molecule has 0 heterocycles. The van der Waals surface area contributed by atoms with Gasteiger partial charge in [-0.3, -0.25) is 0 Å². The predicted molar refractivity (Wildman–Crippen MR) is 84.3 cm³/mol. The van der Waals surface area contributed by atoms with E-state index in [2.05, 4.69) is 48.1 Å². The monoisotopic (exact) mass is 331 g/mol. The standard InChI is InChI=1S/C15H23BrClN/c1-4-9-18-15(11(5-2)6-3)13-10-12(16)7-8-14(13)17/h7-8,10-11,15,18H,4-6,9H2,1-3H3. The van der Waals surface area contributed by atoms with Gasteiger partial charge < -0.3 is 5.32 Å². The molecule has 0 aliphatic heterocycles. The van der Waals surface area contributed by atoms with Crippen molar-refractivity contribution in [2.45, 2.75) is 46.1 Å². The quantitative estimate of drug-likeness (QED) is 0.687. The molecule has 0 fully saturated rings. The van der Waals surface area contributed by atoms with Crippen molar-refractivity contribution in [3.63, 3.8) is 0 Å². The first kappa shape index (κ1) is 16.0. The minimum Gasteiger partial charge on any atom is -0.310 e. The summed E-state index contributed by atoms with van der Waals surface area (Å²) in [6.45, 7) is 7.73. The van der Waals surface area contributed by atoms with Crippen LogP contribution in [0.15, 0.2) is 22.7 Å². The van der Waals surface area contributed by atoms with E-state index in [4.69, 9.17) is 11.6 Å². The summed E-state index contributed by atoms with van der Waals surface area (Å²) in [7, 11) is 0. The zero-order valence-corrected chi connectivity index (χ0v) is 13.8. The lowest BCUT2D eigenvalue weighted by atomic mass is 9.88. The Morgan fingerprint density at radius 3 is 2.44 bits per heavy atom. The van der Waals surface area contributed by atoms with Crippen molar-refractivity contribution in [3.05, 3.63) is 33.3 Å². The first-order chi connectivity index (χ1) is 8.63. The van der Waals surface area contributed by atoms with Crippen molar-refractivity contribution in [1.82, 2.24) is 5.32 Å². The van der Waals surface area contributed by atoms with Crippen molar-refractivity contribution in [3.8, 4) is 0 Å². The van der Waals surface area contributed by atoms with E-state index >= 15 is 0 Å². The summed E-state index contributed by atoms with van der Waals surface area (Å²) in [5.74, 6) is 0.628. The van der Waals surface area contributed by atoms with Crippen LogP contribution in [0.2, 0.25) is 5.02 Å². The number of benzene rings is 1. The van der Waals surface area contributed by atoms with Gasteiger partial charge in [0.25, 0.3) is 0 Å². The average Bonchev–Trinajstić information content (AvgIpc) is 2.38. The van der Waals surface area contributed by atoms with Gasteiger partial charge >= 0.3 is 0 Å². The van der Waals surface area contributed by atoms with Crippen molar-refractivity contribution in [2.24, 2.45) is 5.92 Å². The largest absolute Gasteiger partial charge is 0.310 e. The molecular formula is C15H23BrClN. The van der Waals surface area contributed by atoms with Gasteiger partial charge in [0.2, 0.25) is 0 Å². The highest BCUT2D eigenvalue weighted by atomic mass is 79.9. The molecule has 102 valence electrons. The van der Waals surface area contributed by atoms with E-state index in [0.29, 0.717) is 12.0 Å². The molecule has 1 nitrogen and oxygen atoms in total. The molecule has 0 aliphatic rings. The molecule has 1 atom stereocenters. The fourth-order valence-electron chi connectivity index (χ4n) is 2.34. The highest BCUT2D eigenvalue weighted by Gasteiger charge is 2.22. The Hall–Kier alpha value is -0.0500. The van der Waals surface area contributed by atoms with Gasteiger partial charge in [-0.15, -0.1) is 0 Å². The third kappa shape index (κ3) is 4.25. The topological polar surface area (TPSA) is 12.0 Å². The molecule has 0 amide bonds. The molecule has 1 aromatic carbocycles. The van der Waals surface area contributed by atoms with Crippen LogP contribution in [0.25, 0.3) is 0 Å². The van der Waals surface area contributed by atoms with Gasteiger partial charge in [0, 0.05) is 15.5 Å². The Bertz CT molecular complexity index is 364. The van der Waals surface area contributed by atoms with Gasteiger partial charge in [-0.05, 0) is 42.6 Å². The maximum absolute atomic E-state index is 6.37. The summed E-state index contributed by atoms with van der Waals surface area (Å²) < 4.78 is 1.09. The van der Waals surface area contributed by atoms with E-state index in [1.165, 1.54) is 18.4 Å². The molecule has 0 radical (unpaired) electrons. The Morgan fingerprint density at radius 1 is 1.22 bits per heavy atom. The molecular weight excluding hydrogens is 310 g/mol. The lowest BCUT2D eigenvalue weighted by molar-refractivity contribution is 0.341. The Balaban J connectivity index is 3.03. The summed E-state index contributed by atoms with van der Waals surface area (Å²) in [6, 6.07) is 6.47. The van der Waals surface area contributed by atoms with Crippen LogP contribution in [-0.2, 0) is 0 Å². The van der Waals surface area contributed by atoms with Crippen LogP contribution in [0, 0.1) is 5.92 Å². The van der Waals surface area contributed by atoms with Crippen molar-refractivity contribution in [1.29, 1.82) is 0 Å². The lowest BCUT2D eigenvalue weighted by Crippen LogP contribution is -2.28. The summed E-state index contributed by atoms with van der Waals surface area (Å²) >= 11 is 9.91. The summed E-state index contributed by atoms with van der Waals surface area (Å²) in [4.78, 5) is 0.